The molecule has 0 saturated carbocycles. The number of aromatic nitrogens is 3. The average Bonchev–Trinajstić information content (AvgIpc) is 2.60. The molecule has 0 amide bonds. The minimum atomic E-state index is 0.652. The van der Waals surface area contributed by atoms with Crippen LogP contribution in [-0.4, -0.2) is 21.5 Å². The van der Waals surface area contributed by atoms with Crippen molar-refractivity contribution >= 4 is 28.4 Å². The number of rotatable bonds is 7. The van der Waals surface area contributed by atoms with Gasteiger partial charge in [-0.3, -0.25) is 4.98 Å². The molecule has 2 heterocycles. The highest BCUT2D eigenvalue weighted by molar-refractivity contribution is 5.91. The standard InChI is InChI=1S/C18H21N5/c1-2-3-4-11-20-18-21-13-10-16(23-18)22-15-9-5-7-14-8-6-12-19-17(14)15/h5-10,12-13H,2-4,11H2,1H3,(H2,20,21,22,23). The first-order valence-electron chi connectivity index (χ1n) is 8.04. The van der Waals surface area contributed by atoms with Gasteiger partial charge in [-0.15, -0.1) is 0 Å². The number of anilines is 3. The van der Waals surface area contributed by atoms with Crippen LogP contribution in [0.15, 0.2) is 48.8 Å². The van der Waals surface area contributed by atoms with Gasteiger partial charge in [0, 0.05) is 24.3 Å². The predicted octanol–water partition coefficient (Wildman–Crippen LogP) is 4.37. The number of pyridine rings is 1. The maximum absolute atomic E-state index is 4.51. The molecule has 0 aliphatic carbocycles. The Morgan fingerprint density at radius 2 is 1.87 bits per heavy atom. The molecular formula is C18H21N5. The highest BCUT2D eigenvalue weighted by Crippen LogP contribution is 2.23. The van der Waals surface area contributed by atoms with Crippen molar-refractivity contribution in [1.29, 1.82) is 0 Å². The summed E-state index contributed by atoms with van der Waals surface area (Å²) in [6.45, 7) is 3.09. The first kappa shape index (κ1) is 15.2. The Morgan fingerprint density at radius 3 is 2.78 bits per heavy atom. The van der Waals surface area contributed by atoms with Gasteiger partial charge in [0.25, 0.3) is 0 Å². The van der Waals surface area contributed by atoms with Crippen molar-refractivity contribution in [3.8, 4) is 0 Å². The molecule has 5 nitrogen and oxygen atoms in total. The van der Waals surface area contributed by atoms with Crippen molar-refractivity contribution in [2.45, 2.75) is 26.2 Å². The molecule has 2 aromatic heterocycles. The Balaban J connectivity index is 1.74. The lowest BCUT2D eigenvalue weighted by Crippen LogP contribution is -2.06. The van der Waals surface area contributed by atoms with Gasteiger partial charge in [-0.05, 0) is 24.6 Å². The van der Waals surface area contributed by atoms with E-state index in [1.165, 1.54) is 12.8 Å². The zero-order chi connectivity index (χ0) is 15.9. The van der Waals surface area contributed by atoms with E-state index in [1.807, 2.05) is 36.4 Å². The summed E-state index contributed by atoms with van der Waals surface area (Å²) >= 11 is 0. The third-order valence-electron chi connectivity index (χ3n) is 3.61. The summed E-state index contributed by atoms with van der Waals surface area (Å²) in [4.78, 5) is 13.2. The van der Waals surface area contributed by atoms with Crippen LogP contribution >= 0.6 is 0 Å². The zero-order valence-electron chi connectivity index (χ0n) is 13.3. The van der Waals surface area contributed by atoms with Gasteiger partial charge in [0.05, 0.1) is 11.2 Å². The Morgan fingerprint density at radius 1 is 0.957 bits per heavy atom. The molecule has 0 unspecified atom stereocenters. The predicted molar refractivity (Wildman–Crippen MR) is 95.1 cm³/mol. The van der Waals surface area contributed by atoms with Crippen LogP contribution in [0.25, 0.3) is 10.9 Å². The number of fused-ring (bicyclic) bond motifs is 1. The van der Waals surface area contributed by atoms with E-state index in [9.17, 15) is 0 Å². The summed E-state index contributed by atoms with van der Waals surface area (Å²) in [5, 5.41) is 7.70. The van der Waals surface area contributed by atoms with E-state index >= 15 is 0 Å². The van der Waals surface area contributed by atoms with Crippen LogP contribution in [-0.2, 0) is 0 Å². The van der Waals surface area contributed by atoms with E-state index < -0.39 is 0 Å². The first-order valence-corrected chi connectivity index (χ1v) is 8.04. The van der Waals surface area contributed by atoms with Gasteiger partial charge >= 0.3 is 0 Å². The summed E-state index contributed by atoms with van der Waals surface area (Å²) in [6.07, 6.45) is 7.11. The molecule has 23 heavy (non-hydrogen) atoms. The van der Waals surface area contributed by atoms with Crippen LogP contribution in [0.3, 0.4) is 0 Å². The van der Waals surface area contributed by atoms with Gasteiger partial charge in [0.1, 0.15) is 5.82 Å². The molecule has 0 aliphatic rings. The molecule has 2 N–H and O–H groups in total. The molecule has 5 heteroatoms. The van der Waals surface area contributed by atoms with Crippen LogP contribution in [0, 0.1) is 0 Å². The van der Waals surface area contributed by atoms with E-state index in [-0.39, 0.29) is 0 Å². The van der Waals surface area contributed by atoms with E-state index in [0.29, 0.717) is 5.95 Å². The number of nitrogens with one attached hydrogen (secondary N) is 2. The third-order valence-corrected chi connectivity index (χ3v) is 3.61. The Kier molecular flexibility index (Phi) is 4.99. The monoisotopic (exact) mass is 307 g/mol. The minimum absolute atomic E-state index is 0.652. The highest BCUT2D eigenvalue weighted by atomic mass is 15.1. The Hall–Kier alpha value is -2.69. The summed E-state index contributed by atoms with van der Waals surface area (Å²) < 4.78 is 0. The molecule has 1 aromatic carbocycles. The number of nitrogens with zero attached hydrogens (tertiary/aromatic N) is 3. The summed E-state index contributed by atoms with van der Waals surface area (Å²) in [5.41, 5.74) is 1.88. The SMILES string of the molecule is CCCCCNc1nccc(Nc2cccc3cccnc23)n1. The van der Waals surface area contributed by atoms with Crippen molar-refractivity contribution in [3.63, 3.8) is 0 Å². The second-order valence-corrected chi connectivity index (χ2v) is 5.41. The van der Waals surface area contributed by atoms with Gasteiger partial charge in [-0.2, -0.15) is 4.98 Å². The summed E-state index contributed by atoms with van der Waals surface area (Å²) in [6, 6.07) is 11.9. The average molecular weight is 307 g/mol. The number of hydrogen-bond donors (Lipinski definition) is 2. The van der Waals surface area contributed by atoms with E-state index in [1.54, 1.807) is 12.4 Å². The largest absolute Gasteiger partial charge is 0.354 e. The van der Waals surface area contributed by atoms with Crippen molar-refractivity contribution in [3.05, 3.63) is 48.8 Å². The number of unbranched alkanes of at least 4 members (excludes halogenated alkanes) is 2. The van der Waals surface area contributed by atoms with Crippen LogP contribution < -0.4 is 10.6 Å². The lowest BCUT2D eigenvalue weighted by atomic mass is 10.2. The molecular weight excluding hydrogens is 286 g/mol. The number of benzene rings is 1. The molecule has 0 bridgehead atoms. The molecule has 0 fully saturated rings. The molecule has 0 saturated heterocycles. The van der Waals surface area contributed by atoms with Crippen LogP contribution in [0.4, 0.5) is 17.5 Å². The van der Waals surface area contributed by atoms with E-state index in [2.05, 4.69) is 32.5 Å². The van der Waals surface area contributed by atoms with Crippen molar-refractivity contribution < 1.29 is 0 Å². The highest BCUT2D eigenvalue weighted by Gasteiger charge is 2.04. The molecule has 0 aliphatic heterocycles. The van der Waals surface area contributed by atoms with Crippen LogP contribution in [0.2, 0.25) is 0 Å². The van der Waals surface area contributed by atoms with Crippen LogP contribution in [0.5, 0.6) is 0 Å². The third kappa shape index (κ3) is 3.94. The van der Waals surface area contributed by atoms with Gasteiger partial charge < -0.3 is 10.6 Å². The normalized spacial score (nSPS) is 10.7. The maximum atomic E-state index is 4.51. The lowest BCUT2D eigenvalue weighted by Gasteiger charge is -2.10. The van der Waals surface area contributed by atoms with Crippen molar-refractivity contribution in [1.82, 2.24) is 15.0 Å². The van der Waals surface area contributed by atoms with Gasteiger partial charge in [-0.1, -0.05) is 38.0 Å². The quantitative estimate of drug-likeness (QED) is 0.635. The fourth-order valence-electron chi connectivity index (χ4n) is 2.43. The minimum Gasteiger partial charge on any atom is -0.354 e. The summed E-state index contributed by atoms with van der Waals surface area (Å²) in [5.74, 6) is 1.41. The topological polar surface area (TPSA) is 62.7 Å². The smallest absolute Gasteiger partial charge is 0.224 e. The molecule has 0 spiro atoms. The van der Waals surface area contributed by atoms with Crippen molar-refractivity contribution in [2.75, 3.05) is 17.2 Å². The Labute approximate surface area is 136 Å². The second-order valence-electron chi connectivity index (χ2n) is 5.41. The molecule has 0 atom stereocenters. The van der Waals surface area contributed by atoms with Gasteiger partial charge in [-0.25, -0.2) is 4.98 Å². The van der Waals surface area contributed by atoms with Gasteiger partial charge in [0.2, 0.25) is 5.95 Å². The first-order chi connectivity index (χ1) is 11.4. The number of para-hydroxylation sites is 1. The second kappa shape index (κ2) is 7.54. The Bertz CT molecular complexity index is 767. The maximum Gasteiger partial charge on any atom is 0.224 e. The lowest BCUT2D eigenvalue weighted by molar-refractivity contribution is 0.740. The molecule has 0 radical (unpaired) electrons. The van der Waals surface area contributed by atoms with Crippen LogP contribution in [0.1, 0.15) is 26.2 Å². The fraction of sp³-hybridized carbons (Fsp3) is 0.278. The molecule has 3 aromatic rings. The van der Waals surface area contributed by atoms with E-state index in [4.69, 9.17) is 0 Å². The summed E-state index contributed by atoms with van der Waals surface area (Å²) in [7, 11) is 0. The zero-order valence-corrected chi connectivity index (χ0v) is 13.3. The van der Waals surface area contributed by atoms with E-state index in [0.717, 1.165) is 35.4 Å². The van der Waals surface area contributed by atoms with Gasteiger partial charge in [0.15, 0.2) is 0 Å². The molecule has 118 valence electrons. The van der Waals surface area contributed by atoms with Crippen molar-refractivity contribution in [2.24, 2.45) is 0 Å². The fourth-order valence-corrected chi connectivity index (χ4v) is 2.43. The number of hydrogen-bond acceptors (Lipinski definition) is 5. The molecule has 3 rings (SSSR count).